The summed E-state index contributed by atoms with van der Waals surface area (Å²) < 4.78 is 10.4. The lowest BCUT2D eigenvalue weighted by molar-refractivity contribution is -0.114. The predicted octanol–water partition coefficient (Wildman–Crippen LogP) is 4.43. The van der Waals surface area contributed by atoms with Gasteiger partial charge in [0.15, 0.2) is 11.5 Å². The zero-order valence-corrected chi connectivity index (χ0v) is 17.6. The smallest absolute Gasteiger partial charge is 0.338 e. The molecule has 1 amide bonds. The van der Waals surface area contributed by atoms with Crippen molar-refractivity contribution in [2.45, 2.75) is 20.8 Å². The molecule has 7 nitrogen and oxygen atoms in total. The van der Waals surface area contributed by atoms with E-state index < -0.39 is 5.97 Å². The van der Waals surface area contributed by atoms with Crippen molar-refractivity contribution in [3.8, 4) is 11.5 Å². The van der Waals surface area contributed by atoms with Crippen molar-refractivity contribution in [1.82, 2.24) is 0 Å². The van der Waals surface area contributed by atoms with Gasteiger partial charge in [-0.25, -0.2) is 4.79 Å². The van der Waals surface area contributed by atoms with Gasteiger partial charge in [0.2, 0.25) is 0 Å². The number of hydrogen-bond acceptors (Lipinski definition) is 6. The molecule has 156 valence electrons. The van der Waals surface area contributed by atoms with E-state index in [1.807, 2.05) is 0 Å². The monoisotopic (exact) mass is 428 g/mol. The van der Waals surface area contributed by atoms with E-state index in [1.165, 1.54) is 5.01 Å². The van der Waals surface area contributed by atoms with E-state index in [0.29, 0.717) is 34.7 Å². The van der Waals surface area contributed by atoms with E-state index >= 15 is 0 Å². The Bertz CT molecular complexity index is 1040. The maximum Gasteiger partial charge on any atom is 0.338 e. The molecule has 0 radical (unpaired) electrons. The molecule has 0 aromatic heterocycles. The number of ether oxygens (including phenoxy) is 2. The summed E-state index contributed by atoms with van der Waals surface area (Å²) in [5, 5.41) is 15.7. The van der Waals surface area contributed by atoms with Gasteiger partial charge < -0.3 is 14.6 Å². The Hall–Kier alpha value is -3.32. The van der Waals surface area contributed by atoms with E-state index in [9.17, 15) is 14.7 Å². The molecule has 0 fully saturated rings. The minimum absolute atomic E-state index is 0.124. The fraction of sp³-hybridized carbons (Fsp3) is 0.227. The summed E-state index contributed by atoms with van der Waals surface area (Å²) in [6.45, 7) is 5.90. The molecule has 2 aromatic carbocycles. The number of anilines is 1. The van der Waals surface area contributed by atoms with Crippen molar-refractivity contribution in [2.75, 3.05) is 18.2 Å². The Morgan fingerprint density at radius 2 is 1.90 bits per heavy atom. The number of benzene rings is 2. The fourth-order valence-corrected chi connectivity index (χ4v) is 3.14. The molecular weight excluding hydrogens is 408 g/mol. The van der Waals surface area contributed by atoms with Crippen LogP contribution in [0, 0.1) is 0 Å². The molecule has 8 heteroatoms. The van der Waals surface area contributed by atoms with Gasteiger partial charge >= 0.3 is 5.97 Å². The molecule has 1 aliphatic rings. The Morgan fingerprint density at radius 3 is 2.53 bits per heavy atom. The van der Waals surface area contributed by atoms with Gasteiger partial charge in [0.05, 0.1) is 40.8 Å². The molecule has 1 N–H and O–H groups in total. The second kappa shape index (κ2) is 9.00. The largest absolute Gasteiger partial charge is 0.503 e. The molecule has 0 spiro atoms. The molecule has 0 unspecified atom stereocenters. The van der Waals surface area contributed by atoms with Crippen LogP contribution in [-0.2, 0) is 9.53 Å². The Kier molecular flexibility index (Phi) is 6.42. The van der Waals surface area contributed by atoms with Crippen LogP contribution in [0.4, 0.5) is 5.69 Å². The highest BCUT2D eigenvalue weighted by atomic mass is 35.5. The molecule has 0 aliphatic carbocycles. The number of hydrazone groups is 1. The van der Waals surface area contributed by atoms with Gasteiger partial charge in [0.1, 0.15) is 0 Å². The Balaban J connectivity index is 1.88. The maximum absolute atomic E-state index is 12.9. The molecule has 0 atom stereocenters. The van der Waals surface area contributed by atoms with E-state index in [-0.39, 0.29) is 29.0 Å². The van der Waals surface area contributed by atoms with Crippen LogP contribution in [0.1, 0.15) is 36.7 Å². The van der Waals surface area contributed by atoms with Crippen molar-refractivity contribution in [3.05, 3.63) is 58.1 Å². The molecule has 1 aliphatic heterocycles. The number of hydrogen-bond donors (Lipinski definition) is 1. The first-order chi connectivity index (χ1) is 14.3. The van der Waals surface area contributed by atoms with Gasteiger partial charge in [-0.3, -0.25) is 4.79 Å². The number of phenols is 1. The summed E-state index contributed by atoms with van der Waals surface area (Å²) in [6.07, 6.45) is 1.64. The summed E-state index contributed by atoms with van der Waals surface area (Å²) in [5.74, 6) is -0.652. The highest BCUT2D eigenvalue weighted by molar-refractivity contribution is 6.33. The third-order valence-corrected chi connectivity index (χ3v) is 4.64. The fourth-order valence-electron chi connectivity index (χ4n) is 2.92. The van der Waals surface area contributed by atoms with Crippen LogP contribution in [0.25, 0.3) is 6.08 Å². The van der Waals surface area contributed by atoms with Crippen LogP contribution in [0.2, 0.25) is 5.02 Å². The molecule has 30 heavy (non-hydrogen) atoms. The number of aromatic hydroxyl groups is 1. The normalized spacial score (nSPS) is 14.8. The van der Waals surface area contributed by atoms with Crippen LogP contribution in [0.15, 0.2) is 47.1 Å². The molecule has 1 heterocycles. The highest BCUT2D eigenvalue weighted by Gasteiger charge is 2.29. The lowest BCUT2D eigenvalue weighted by Crippen LogP contribution is -2.21. The van der Waals surface area contributed by atoms with Crippen LogP contribution < -0.4 is 9.75 Å². The zero-order valence-electron chi connectivity index (χ0n) is 16.8. The van der Waals surface area contributed by atoms with Crippen LogP contribution in [0.5, 0.6) is 11.5 Å². The van der Waals surface area contributed by atoms with Gasteiger partial charge in [-0.2, -0.15) is 10.1 Å². The molecular formula is C22H21ClN2O5. The average molecular weight is 429 g/mol. The van der Waals surface area contributed by atoms with Crippen molar-refractivity contribution < 1.29 is 24.2 Å². The van der Waals surface area contributed by atoms with Gasteiger partial charge in [0.25, 0.3) is 5.91 Å². The third kappa shape index (κ3) is 4.31. The molecule has 0 saturated carbocycles. The Labute approximate surface area is 179 Å². The average Bonchev–Trinajstić information content (AvgIpc) is 3.00. The second-order valence-corrected chi connectivity index (χ2v) is 6.82. The molecule has 0 saturated heterocycles. The van der Waals surface area contributed by atoms with Crippen molar-refractivity contribution >= 4 is 41.0 Å². The van der Waals surface area contributed by atoms with Gasteiger partial charge in [0, 0.05) is 0 Å². The van der Waals surface area contributed by atoms with Gasteiger partial charge in [-0.15, -0.1) is 0 Å². The minimum Gasteiger partial charge on any atom is -0.503 e. The number of halogens is 1. The first-order valence-corrected chi connectivity index (χ1v) is 9.77. The summed E-state index contributed by atoms with van der Waals surface area (Å²) in [4.78, 5) is 24.7. The lowest BCUT2D eigenvalue weighted by Gasteiger charge is -2.12. The number of amides is 1. The van der Waals surface area contributed by atoms with Crippen molar-refractivity contribution in [2.24, 2.45) is 5.10 Å². The lowest BCUT2D eigenvalue weighted by atomic mass is 10.1. The van der Waals surface area contributed by atoms with Crippen LogP contribution >= 0.6 is 11.6 Å². The molecule has 2 aromatic rings. The zero-order chi connectivity index (χ0) is 21.8. The quantitative estimate of drug-likeness (QED) is 0.543. The topological polar surface area (TPSA) is 88.4 Å². The van der Waals surface area contributed by atoms with Crippen molar-refractivity contribution in [1.29, 1.82) is 0 Å². The molecule has 0 bridgehead atoms. The second-order valence-electron chi connectivity index (χ2n) is 6.41. The summed E-state index contributed by atoms with van der Waals surface area (Å²) in [6, 6.07) is 9.59. The number of carbonyl (C=O) groups excluding carboxylic acids is 2. The standard InChI is InChI=1S/C22H21ClN2O5/c1-4-29-19-12-14(11-18(23)20(19)26)10-17-13(3)24-25(21(17)27)16-8-6-15(7-9-16)22(28)30-5-2/h6-12,26H,4-5H2,1-3H3/b17-10+. The number of rotatable bonds is 6. The van der Waals surface area contributed by atoms with Gasteiger partial charge in [-0.05, 0) is 68.8 Å². The Morgan fingerprint density at radius 1 is 1.20 bits per heavy atom. The highest BCUT2D eigenvalue weighted by Crippen LogP contribution is 2.36. The first kappa shape index (κ1) is 21.4. The first-order valence-electron chi connectivity index (χ1n) is 9.39. The SMILES string of the molecule is CCOC(=O)c1ccc(N2N=C(C)/C(=C\c3cc(Cl)c(O)c(OCC)c3)C2=O)cc1. The van der Waals surface area contributed by atoms with E-state index in [4.69, 9.17) is 21.1 Å². The van der Waals surface area contributed by atoms with Gasteiger partial charge in [-0.1, -0.05) is 11.6 Å². The van der Waals surface area contributed by atoms with E-state index in [0.717, 1.165) is 0 Å². The predicted molar refractivity (Wildman–Crippen MR) is 115 cm³/mol. The third-order valence-electron chi connectivity index (χ3n) is 4.35. The van der Waals surface area contributed by atoms with E-state index in [1.54, 1.807) is 63.2 Å². The summed E-state index contributed by atoms with van der Waals surface area (Å²) >= 11 is 6.08. The number of carbonyl (C=O) groups is 2. The van der Waals surface area contributed by atoms with Crippen LogP contribution in [0.3, 0.4) is 0 Å². The van der Waals surface area contributed by atoms with Crippen molar-refractivity contribution in [3.63, 3.8) is 0 Å². The summed E-state index contributed by atoms with van der Waals surface area (Å²) in [7, 11) is 0. The maximum atomic E-state index is 12.9. The number of nitrogens with zero attached hydrogens (tertiary/aromatic N) is 2. The van der Waals surface area contributed by atoms with E-state index in [2.05, 4.69) is 5.10 Å². The summed E-state index contributed by atoms with van der Waals surface area (Å²) in [5.41, 5.74) is 2.42. The minimum atomic E-state index is -0.425. The number of phenolic OH excluding ortho intramolecular Hbond substituents is 1. The number of esters is 1. The molecule has 3 rings (SSSR count). The van der Waals surface area contributed by atoms with Crippen LogP contribution in [-0.4, -0.2) is 35.9 Å².